The summed E-state index contributed by atoms with van der Waals surface area (Å²) in [5.41, 5.74) is 0.818. The van der Waals surface area contributed by atoms with Crippen molar-refractivity contribution in [1.29, 1.82) is 0 Å². The van der Waals surface area contributed by atoms with Gasteiger partial charge in [0.25, 0.3) is 0 Å². The third kappa shape index (κ3) is 3.05. The van der Waals surface area contributed by atoms with Gasteiger partial charge in [-0.25, -0.2) is 0 Å². The Labute approximate surface area is 138 Å². The van der Waals surface area contributed by atoms with E-state index < -0.39 is 0 Å². The van der Waals surface area contributed by atoms with E-state index in [1.54, 1.807) is 12.4 Å². The second kappa shape index (κ2) is 6.48. The average Bonchev–Trinajstić information content (AvgIpc) is 3.25. The molecule has 1 saturated heterocycles. The maximum Gasteiger partial charge on any atom is 0.249 e. The number of piperidine rings is 1. The number of nitrogens with zero attached hydrogens (tertiary/aromatic N) is 6. The van der Waals surface area contributed by atoms with Crippen LogP contribution in [0.25, 0.3) is 11.5 Å². The molecule has 8 nitrogen and oxygen atoms in total. The number of rotatable bonds is 4. The SMILES string of the molecule is Cc1noc([C@@H]2CCCCN2Cc2nnc(-c3cccnc3)o2)n1. The van der Waals surface area contributed by atoms with Gasteiger partial charge in [0.2, 0.25) is 17.7 Å². The molecule has 0 unspecified atom stereocenters. The van der Waals surface area contributed by atoms with Crippen LogP contribution in [0, 0.1) is 6.92 Å². The molecule has 0 amide bonds. The first kappa shape index (κ1) is 14.9. The standard InChI is InChI=1S/C16H18N6O2/c1-11-18-16(24-21-11)13-6-2-3-8-22(13)10-14-19-20-15(23-14)12-5-4-7-17-9-12/h4-5,7,9,13H,2-3,6,8,10H2,1H3/t13-/m0/s1. The van der Waals surface area contributed by atoms with Gasteiger partial charge < -0.3 is 8.94 Å². The first-order valence-corrected chi connectivity index (χ1v) is 8.06. The van der Waals surface area contributed by atoms with Crippen LogP contribution in [0.3, 0.4) is 0 Å². The summed E-state index contributed by atoms with van der Waals surface area (Å²) in [6.45, 7) is 3.34. The highest BCUT2D eigenvalue weighted by Crippen LogP contribution is 2.31. The Morgan fingerprint density at radius 1 is 1.29 bits per heavy atom. The molecular formula is C16H18N6O2. The van der Waals surface area contributed by atoms with E-state index in [1.165, 1.54) is 0 Å². The van der Waals surface area contributed by atoms with Gasteiger partial charge in [-0.05, 0) is 38.4 Å². The molecule has 0 N–H and O–H groups in total. The minimum atomic E-state index is 0.105. The van der Waals surface area contributed by atoms with Crippen molar-refractivity contribution >= 4 is 0 Å². The molecule has 0 spiro atoms. The Morgan fingerprint density at radius 3 is 3.04 bits per heavy atom. The van der Waals surface area contributed by atoms with Gasteiger partial charge in [-0.2, -0.15) is 4.98 Å². The summed E-state index contributed by atoms with van der Waals surface area (Å²) in [4.78, 5) is 10.7. The summed E-state index contributed by atoms with van der Waals surface area (Å²) in [7, 11) is 0. The Hall–Kier alpha value is -2.61. The van der Waals surface area contributed by atoms with E-state index in [2.05, 4.69) is 30.2 Å². The molecule has 124 valence electrons. The van der Waals surface area contributed by atoms with E-state index >= 15 is 0 Å². The molecule has 0 bridgehead atoms. The van der Waals surface area contributed by atoms with Crippen LogP contribution in [0.2, 0.25) is 0 Å². The van der Waals surface area contributed by atoms with Gasteiger partial charge in [-0.15, -0.1) is 10.2 Å². The lowest BCUT2D eigenvalue weighted by Crippen LogP contribution is -2.33. The molecule has 4 heterocycles. The largest absolute Gasteiger partial charge is 0.419 e. The van der Waals surface area contributed by atoms with Crippen molar-refractivity contribution in [1.82, 2.24) is 30.2 Å². The van der Waals surface area contributed by atoms with Gasteiger partial charge >= 0.3 is 0 Å². The predicted molar refractivity (Wildman–Crippen MR) is 83.6 cm³/mol. The number of aromatic nitrogens is 5. The second-order valence-corrected chi connectivity index (χ2v) is 5.90. The smallest absolute Gasteiger partial charge is 0.249 e. The van der Waals surface area contributed by atoms with Crippen LogP contribution in [-0.2, 0) is 6.54 Å². The average molecular weight is 326 g/mol. The molecule has 8 heteroatoms. The number of hydrogen-bond acceptors (Lipinski definition) is 8. The summed E-state index contributed by atoms with van der Waals surface area (Å²) in [5, 5.41) is 12.2. The fourth-order valence-electron chi connectivity index (χ4n) is 3.01. The maximum absolute atomic E-state index is 5.79. The van der Waals surface area contributed by atoms with E-state index in [0.717, 1.165) is 31.4 Å². The summed E-state index contributed by atoms with van der Waals surface area (Å²) in [5.74, 6) is 2.39. The monoisotopic (exact) mass is 326 g/mol. The number of aryl methyl sites for hydroxylation is 1. The maximum atomic E-state index is 5.79. The van der Waals surface area contributed by atoms with Crippen LogP contribution in [0.15, 0.2) is 33.5 Å². The minimum absolute atomic E-state index is 0.105. The normalized spacial score (nSPS) is 18.8. The van der Waals surface area contributed by atoms with Gasteiger partial charge in [0.05, 0.1) is 18.2 Å². The van der Waals surface area contributed by atoms with E-state index in [-0.39, 0.29) is 6.04 Å². The fourth-order valence-corrected chi connectivity index (χ4v) is 3.01. The molecule has 4 rings (SSSR count). The Bertz CT molecular complexity index is 800. The van der Waals surface area contributed by atoms with Crippen LogP contribution in [0.5, 0.6) is 0 Å². The molecule has 24 heavy (non-hydrogen) atoms. The summed E-state index contributed by atoms with van der Waals surface area (Å²) in [6, 6.07) is 3.85. The number of likely N-dealkylation sites (tertiary alicyclic amines) is 1. The van der Waals surface area contributed by atoms with Crippen molar-refractivity contribution in [3.63, 3.8) is 0 Å². The van der Waals surface area contributed by atoms with Gasteiger partial charge in [0, 0.05) is 12.4 Å². The predicted octanol–water partition coefficient (Wildman–Crippen LogP) is 2.55. The summed E-state index contributed by atoms with van der Waals surface area (Å²) in [6.07, 6.45) is 6.69. The number of pyridine rings is 1. The topological polar surface area (TPSA) is 94.0 Å². The highest BCUT2D eigenvalue weighted by molar-refractivity contribution is 5.49. The van der Waals surface area contributed by atoms with Crippen molar-refractivity contribution in [2.45, 2.75) is 38.8 Å². The van der Waals surface area contributed by atoms with E-state index in [9.17, 15) is 0 Å². The van der Waals surface area contributed by atoms with Crippen molar-refractivity contribution in [2.24, 2.45) is 0 Å². The molecule has 0 radical (unpaired) electrons. The van der Waals surface area contributed by atoms with Crippen LogP contribution >= 0.6 is 0 Å². The zero-order valence-electron chi connectivity index (χ0n) is 13.4. The lowest BCUT2D eigenvalue weighted by molar-refractivity contribution is 0.102. The van der Waals surface area contributed by atoms with Crippen molar-refractivity contribution in [3.8, 4) is 11.5 Å². The van der Waals surface area contributed by atoms with Gasteiger partial charge in [0.15, 0.2) is 5.82 Å². The zero-order chi connectivity index (χ0) is 16.4. The minimum Gasteiger partial charge on any atom is -0.419 e. The molecule has 3 aromatic heterocycles. The summed E-state index contributed by atoms with van der Waals surface area (Å²) < 4.78 is 11.2. The van der Waals surface area contributed by atoms with Crippen molar-refractivity contribution in [2.75, 3.05) is 6.54 Å². The molecule has 1 fully saturated rings. The lowest BCUT2D eigenvalue weighted by Gasteiger charge is -2.32. The van der Waals surface area contributed by atoms with Gasteiger partial charge in [0.1, 0.15) is 0 Å². The van der Waals surface area contributed by atoms with Gasteiger partial charge in [-0.3, -0.25) is 9.88 Å². The van der Waals surface area contributed by atoms with E-state index in [4.69, 9.17) is 8.94 Å². The zero-order valence-corrected chi connectivity index (χ0v) is 13.4. The molecule has 1 atom stereocenters. The molecular weight excluding hydrogens is 308 g/mol. The third-order valence-electron chi connectivity index (χ3n) is 4.16. The molecule has 3 aromatic rings. The molecule has 0 aliphatic carbocycles. The van der Waals surface area contributed by atoms with Crippen LogP contribution in [0.4, 0.5) is 0 Å². The molecule has 0 aromatic carbocycles. The highest BCUT2D eigenvalue weighted by Gasteiger charge is 2.29. The highest BCUT2D eigenvalue weighted by atomic mass is 16.5. The van der Waals surface area contributed by atoms with Crippen LogP contribution in [0.1, 0.15) is 42.9 Å². The van der Waals surface area contributed by atoms with Crippen LogP contribution in [-0.4, -0.2) is 36.8 Å². The van der Waals surface area contributed by atoms with E-state index in [0.29, 0.717) is 30.0 Å². The lowest BCUT2D eigenvalue weighted by atomic mass is 10.0. The third-order valence-corrected chi connectivity index (χ3v) is 4.16. The number of hydrogen-bond donors (Lipinski definition) is 0. The first-order chi connectivity index (χ1) is 11.8. The van der Waals surface area contributed by atoms with Crippen LogP contribution < -0.4 is 0 Å². The summed E-state index contributed by atoms with van der Waals surface area (Å²) >= 11 is 0. The Balaban J connectivity index is 1.52. The fraction of sp³-hybridized carbons (Fsp3) is 0.438. The quantitative estimate of drug-likeness (QED) is 0.722. The van der Waals surface area contributed by atoms with Crippen molar-refractivity contribution in [3.05, 3.63) is 42.1 Å². The van der Waals surface area contributed by atoms with E-state index in [1.807, 2.05) is 19.1 Å². The van der Waals surface area contributed by atoms with Crippen molar-refractivity contribution < 1.29 is 8.94 Å². The first-order valence-electron chi connectivity index (χ1n) is 8.06. The Morgan fingerprint density at radius 2 is 2.25 bits per heavy atom. The molecule has 1 aliphatic heterocycles. The second-order valence-electron chi connectivity index (χ2n) is 5.90. The molecule has 1 aliphatic rings. The molecule has 0 saturated carbocycles. The Kier molecular flexibility index (Phi) is 4.04. The van der Waals surface area contributed by atoms with Gasteiger partial charge in [-0.1, -0.05) is 11.6 Å².